The van der Waals surface area contributed by atoms with Gasteiger partial charge >= 0.3 is 5.97 Å². The van der Waals surface area contributed by atoms with Crippen molar-refractivity contribution >= 4 is 5.97 Å². The molecule has 1 aliphatic rings. The molecule has 1 N–H and O–H groups in total. The molecule has 0 saturated heterocycles. The lowest BCUT2D eigenvalue weighted by atomic mass is 9.97. The monoisotopic (exact) mass is 242 g/mol. The summed E-state index contributed by atoms with van der Waals surface area (Å²) in [5.74, 6) is -0.151. The van der Waals surface area contributed by atoms with Crippen molar-refractivity contribution in [3.63, 3.8) is 0 Å². The molecule has 1 saturated carbocycles. The van der Waals surface area contributed by atoms with Crippen LogP contribution in [-0.2, 0) is 9.53 Å². The Balaban J connectivity index is 2.53. The first kappa shape index (κ1) is 14.5. The number of carbonyl (C=O) groups is 1. The number of hydrogen-bond donors (Lipinski definition) is 1. The zero-order valence-electron chi connectivity index (χ0n) is 11.7. The van der Waals surface area contributed by atoms with Crippen molar-refractivity contribution in [3.05, 3.63) is 0 Å². The van der Waals surface area contributed by atoms with Gasteiger partial charge in [0, 0.05) is 18.6 Å². The normalized spacial score (nSPS) is 19.5. The largest absolute Gasteiger partial charge is 0.468 e. The maximum Gasteiger partial charge on any atom is 0.325 e. The average Bonchev–Trinajstić information content (AvgIpc) is 3.08. The summed E-state index contributed by atoms with van der Waals surface area (Å²) >= 11 is 0. The molecule has 0 amide bonds. The summed E-state index contributed by atoms with van der Waals surface area (Å²) < 4.78 is 4.92. The van der Waals surface area contributed by atoms with Gasteiger partial charge in [0.05, 0.1) is 7.11 Å². The SMILES string of the molecule is COC(=O)C(C)(CCN(C)C(C)C)NC1CC1. The molecule has 0 spiro atoms. The first-order valence-corrected chi connectivity index (χ1v) is 6.45. The molecule has 0 aliphatic heterocycles. The standard InChI is InChI=1S/C13H26N2O2/c1-10(2)15(4)9-8-13(3,12(16)17-5)14-11-6-7-11/h10-11,14H,6-9H2,1-5H3. The highest BCUT2D eigenvalue weighted by Crippen LogP contribution is 2.25. The number of methoxy groups -OCH3 is 1. The van der Waals surface area contributed by atoms with Crippen LogP contribution >= 0.6 is 0 Å². The van der Waals surface area contributed by atoms with E-state index >= 15 is 0 Å². The van der Waals surface area contributed by atoms with E-state index in [2.05, 4.69) is 31.1 Å². The number of esters is 1. The molecule has 17 heavy (non-hydrogen) atoms. The van der Waals surface area contributed by atoms with E-state index < -0.39 is 5.54 Å². The van der Waals surface area contributed by atoms with Gasteiger partial charge in [-0.25, -0.2) is 0 Å². The Morgan fingerprint density at radius 3 is 2.53 bits per heavy atom. The number of carbonyl (C=O) groups excluding carboxylic acids is 1. The molecule has 1 fully saturated rings. The molecule has 4 heteroatoms. The molecule has 0 bridgehead atoms. The van der Waals surface area contributed by atoms with Crippen LogP contribution in [0.3, 0.4) is 0 Å². The van der Waals surface area contributed by atoms with Crippen LogP contribution in [0, 0.1) is 0 Å². The number of nitrogens with one attached hydrogen (secondary N) is 1. The van der Waals surface area contributed by atoms with Gasteiger partial charge < -0.3 is 9.64 Å². The van der Waals surface area contributed by atoms with E-state index in [1.54, 1.807) is 0 Å². The maximum absolute atomic E-state index is 11.9. The zero-order valence-corrected chi connectivity index (χ0v) is 11.7. The molecule has 0 radical (unpaired) electrons. The lowest BCUT2D eigenvalue weighted by Gasteiger charge is -2.31. The third-order valence-electron chi connectivity index (χ3n) is 3.58. The van der Waals surface area contributed by atoms with E-state index in [4.69, 9.17) is 4.74 Å². The van der Waals surface area contributed by atoms with Gasteiger partial charge in [0.2, 0.25) is 0 Å². The van der Waals surface area contributed by atoms with E-state index in [0.717, 1.165) is 13.0 Å². The van der Waals surface area contributed by atoms with Crippen molar-refractivity contribution < 1.29 is 9.53 Å². The Labute approximate surface area is 105 Å². The van der Waals surface area contributed by atoms with Gasteiger partial charge in [-0.3, -0.25) is 10.1 Å². The second-order valence-electron chi connectivity index (χ2n) is 5.57. The van der Waals surface area contributed by atoms with Gasteiger partial charge in [-0.2, -0.15) is 0 Å². The molecular formula is C13H26N2O2. The summed E-state index contributed by atoms with van der Waals surface area (Å²) in [6, 6.07) is 1.00. The smallest absolute Gasteiger partial charge is 0.325 e. The lowest BCUT2D eigenvalue weighted by molar-refractivity contribution is -0.148. The molecular weight excluding hydrogens is 216 g/mol. The van der Waals surface area contributed by atoms with Crippen molar-refractivity contribution in [2.24, 2.45) is 0 Å². The minimum Gasteiger partial charge on any atom is -0.468 e. The second kappa shape index (κ2) is 5.83. The summed E-state index contributed by atoms with van der Waals surface area (Å²) in [5, 5.41) is 3.41. The van der Waals surface area contributed by atoms with E-state index in [9.17, 15) is 4.79 Å². The summed E-state index contributed by atoms with van der Waals surface area (Å²) in [6.45, 7) is 7.15. The van der Waals surface area contributed by atoms with Crippen LogP contribution in [0.5, 0.6) is 0 Å². The molecule has 100 valence electrons. The Hall–Kier alpha value is -0.610. The minimum absolute atomic E-state index is 0.151. The Kier molecular flexibility index (Phi) is 4.95. The molecule has 0 heterocycles. The summed E-state index contributed by atoms with van der Waals surface area (Å²) in [5.41, 5.74) is -0.543. The maximum atomic E-state index is 11.9. The van der Waals surface area contributed by atoms with Crippen molar-refractivity contribution in [1.29, 1.82) is 0 Å². The quantitative estimate of drug-likeness (QED) is 0.685. The van der Waals surface area contributed by atoms with E-state index in [1.165, 1.54) is 20.0 Å². The topological polar surface area (TPSA) is 41.6 Å². The van der Waals surface area contributed by atoms with Gasteiger partial charge in [0.25, 0.3) is 0 Å². The highest BCUT2D eigenvalue weighted by molar-refractivity contribution is 5.80. The van der Waals surface area contributed by atoms with Gasteiger partial charge in [0.1, 0.15) is 5.54 Å². The predicted octanol–water partition coefficient (Wildman–Crippen LogP) is 1.40. The molecule has 1 unspecified atom stereocenters. The molecule has 1 atom stereocenters. The van der Waals surface area contributed by atoms with Gasteiger partial charge in [-0.1, -0.05) is 0 Å². The van der Waals surface area contributed by atoms with Crippen molar-refractivity contribution in [2.75, 3.05) is 20.7 Å². The van der Waals surface area contributed by atoms with Crippen LogP contribution in [0.1, 0.15) is 40.0 Å². The fraction of sp³-hybridized carbons (Fsp3) is 0.923. The number of rotatable bonds is 7. The van der Waals surface area contributed by atoms with Crippen LogP contribution in [-0.4, -0.2) is 49.2 Å². The van der Waals surface area contributed by atoms with Crippen LogP contribution in [0.2, 0.25) is 0 Å². The summed E-state index contributed by atoms with van der Waals surface area (Å²) in [7, 11) is 3.54. The zero-order chi connectivity index (χ0) is 13.1. The summed E-state index contributed by atoms with van der Waals surface area (Å²) in [4.78, 5) is 14.1. The third-order valence-corrected chi connectivity index (χ3v) is 3.58. The van der Waals surface area contributed by atoms with Crippen LogP contribution in [0.4, 0.5) is 0 Å². The predicted molar refractivity (Wildman–Crippen MR) is 69.0 cm³/mol. The molecule has 0 aromatic heterocycles. The van der Waals surface area contributed by atoms with Crippen LogP contribution < -0.4 is 5.32 Å². The Bertz CT molecular complexity index is 264. The average molecular weight is 242 g/mol. The fourth-order valence-electron chi connectivity index (χ4n) is 1.79. The molecule has 4 nitrogen and oxygen atoms in total. The Morgan fingerprint density at radius 1 is 1.53 bits per heavy atom. The molecule has 0 aromatic rings. The number of hydrogen-bond acceptors (Lipinski definition) is 4. The highest BCUT2D eigenvalue weighted by atomic mass is 16.5. The van der Waals surface area contributed by atoms with Crippen molar-refractivity contribution in [1.82, 2.24) is 10.2 Å². The van der Waals surface area contributed by atoms with Gasteiger partial charge in [0.15, 0.2) is 0 Å². The molecule has 0 aromatic carbocycles. The summed E-state index contributed by atoms with van der Waals surface area (Å²) in [6.07, 6.45) is 3.13. The van der Waals surface area contributed by atoms with E-state index in [1.807, 2.05) is 6.92 Å². The van der Waals surface area contributed by atoms with Crippen LogP contribution in [0.25, 0.3) is 0 Å². The fourth-order valence-corrected chi connectivity index (χ4v) is 1.79. The first-order chi connectivity index (χ1) is 7.89. The molecule has 1 aliphatic carbocycles. The van der Waals surface area contributed by atoms with Crippen molar-refractivity contribution in [3.8, 4) is 0 Å². The highest BCUT2D eigenvalue weighted by Gasteiger charge is 2.39. The van der Waals surface area contributed by atoms with Crippen LogP contribution in [0.15, 0.2) is 0 Å². The van der Waals surface area contributed by atoms with Gasteiger partial charge in [-0.05, 0) is 47.1 Å². The van der Waals surface area contributed by atoms with Gasteiger partial charge in [-0.15, -0.1) is 0 Å². The van der Waals surface area contributed by atoms with E-state index in [-0.39, 0.29) is 5.97 Å². The number of ether oxygens (including phenoxy) is 1. The third kappa shape index (κ3) is 4.28. The minimum atomic E-state index is -0.543. The lowest BCUT2D eigenvalue weighted by Crippen LogP contribution is -2.53. The van der Waals surface area contributed by atoms with E-state index in [0.29, 0.717) is 12.1 Å². The first-order valence-electron chi connectivity index (χ1n) is 6.45. The Morgan fingerprint density at radius 2 is 2.12 bits per heavy atom. The molecule has 1 rings (SSSR count). The second-order valence-corrected chi connectivity index (χ2v) is 5.57. The van der Waals surface area contributed by atoms with Crippen molar-refractivity contribution in [2.45, 2.75) is 57.7 Å². The number of nitrogens with zero attached hydrogens (tertiary/aromatic N) is 1.